The predicted molar refractivity (Wildman–Crippen MR) is 137 cm³/mol. The largest absolute Gasteiger partial charge is 0.465 e. The summed E-state index contributed by atoms with van der Waals surface area (Å²) in [4.78, 5) is 44.6. The van der Waals surface area contributed by atoms with Crippen LogP contribution in [0.4, 0.5) is 0 Å². The van der Waals surface area contributed by atoms with Crippen molar-refractivity contribution in [3.8, 4) is 5.69 Å². The number of thioether (sulfide) groups is 1. The van der Waals surface area contributed by atoms with Crippen LogP contribution < -0.4 is 5.56 Å². The summed E-state index contributed by atoms with van der Waals surface area (Å²) < 4.78 is 6.29. The maximum absolute atomic E-state index is 13.4. The van der Waals surface area contributed by atoms with E-state index in [4.69, 9.17) is 4.74 Å². The van der Waals surface area contributed by atoms with Crippen LogP contribution in [0.5, 0.6) is 0 Å². The Morgan fingerprint density at radius 1 is 1.03 bits per heavy atom. The van der Waals surface area contributed by atoms with Gasteiger partial charge in [-0.05, 0) is 42.8 Å². The van der Waals surface area contributed by atoms with E-state index in [-0.39, 0.29) is 17.2 Å². The van der Waals surface area contributed by atoms with Crippen LogP contribution in [0.2, 0.25) is 0 Å². The van der Waals surface area contributed by atoms with Gasteiger partial charge < -0.3 is 9.64 Å². The summed E-state index contributed by atoms with van der Waals surface area (Å²) in [5.41, 5.74) is 3.24. The van der Waals surface area contributed by atoms with Gasteiger partial charge in [0.1, 0.15) is 0 Å². The molecule has 8 heteroatoms. The van der Waals surface area contributed by atoms with Crippen LogP contribution in [0.1, 0.15) is 21.5 Å². The number of aryl methyl sites for hydroxylation is 1. The topological polar surface area (TPSA) is 81.5 Å². The monoisotopic (exact) mass is 487 g/mol. The lowest BCUT2D eigenvalue weighted by atomic mass is 10.1. The van der Waals surface area contributed by atoms with Crippen LogP contribution in [0.15, 0.2) is 82.7 Å². The molecule has 4 rings (SSSR count). The molecular weight excluding hydrogens is 462 g/mol. The van der Waals surface area contributed by atoms with E-state index in [1.807, 2.05) is 61.5 Å². The summed E-state index contributed by atoms with van der Waals surface area (Å²) >= 11 is 1.18. The summed E-state index contributed by atoms with van der Waals surface area (Å²) in [5, 5.41) is 0.737. The van der Waals surface area contributed by atoms with E-state index in [1.165, 1.54) is 29.5 Å². The molecule has 0 unspecified atom stereocenters. The normalized spacial score (nSPS) is 10.8. The molecule has 178 valence electrons. The first-order valence-electron chi connectivity index (χ1n) is 11.0. The lowest BCUT2D eigenvalue weighted by Gasteiger charge is -2.18. The van der Waals surface area contributed by atoms with Crippen molar-refractivity contribution in [2.24, 2.45) is 0 Å². The quantitative estimate of drug-likeness (QED) is 0.220. The minimum atomic E-state index is -0.511. The highest BCUT2D eigenvalue weighted by Gasteiger charge is 2.18. The molecule has 0 aliphatic rings. The Labute approximate surface area is 207 Å². The molecule has 0 atom stereocenters. The first-order valence-corrected chi connectivity index (χ1v) is 12.0. The standard InChI is InChI=1S/C27H25N3O4S/c1-18-9-11-19(12-10-18)16-29(2)24(31)17-35-27-28-23-15-20(26(33)34-3)13-14-22(23)25(32)30(27)21-7-5-4-6-8-21/h4-15H,16-17H2,1-3H3. The number of hydrogen-bond donors (Lipinski definition) is 0. The van der Waals surface area contributed by atoms with Crippen LogP contribution in [-0.2, 0) is 16.1 Å². The van der Waals surface area contributed by atoms with E-state index in [1.54, 1.807) is 24.1 Å². The van der Waals surface area contributed by atoms with Gasteiger partial charge in [0, 0.05) is 13.6 Å². The van der Waals surface area contributed by atoms with Crippen LogP contribution in [0.3, 0.4) is 0 Å². The highest BCUT2D eigenvalue weighted by Crippen LogP contribution is 2.23. The van der Waals surface area contributed by atoms with E-state index in [2.05, 4.69) is 4.98 Å². The molecule has 0 spiro atoms. The molecule has 0 saturated heterocycles. The number of nitrogens with zero attached hydrogens (tertiary/aromatic N) is 3. The molecule has 0 bridgehead atoms. The Morgan fingerprint density at radius 2 is 1.74 bits per heavy atom. The number of carbonyl (C=O) groups is 2. The Balaban J connectivity index is 1.66. The van der Waals surface area contributed by atoms with Gasteiger partial charge in [-0.15, -0.1) is 0 Å². The average Bonchev–Trinajstić information content (AvgIpc) is 2.88. The van der Waals surface area contributed by atoms with E-state index >= 15 is 0 Å². The van der Waals surface area contributed by atoms with Gasteiger partial charge in [-0.2, -0.15) is 0 Å². The van der Waals surface area contributed by atoms with E-state index in [0.29, 0.717) is 33.9 Å². The Kier molecular flexibility index (Phi) is 7.31. The van der Waals surface area contributed by atoms with Gasteiger partial charge in [-0.3, -0.25) is 14.2 Å². The molecule has 0 fully saturated rings. The minimum absolute atomic E-state index is 0.0900. The summed E-state index contributed by atoms with van der Waals surface area (Å²) in [5.74, 6) is -0.500. The van der Waals surface area contributed by atoms with Crippen molar-refractivity contribution >= 4 is 34.5 Å². The zero-order chi connectivity index (χ0) is 24.9. The maximum Gasteiger partial charge on any atom is 0.337 e. The first-order chi connectivity index (χ1) is 16.9. The summed E-state index contributed by atoms with van der Waals surface area (Å²) in [6.45, 7) is 2.51. The Hall–Kier alpha value is -3.91. The zero-order valence-corrected chi connectivity index (χ0v) is 20.5. The predicted octanol–water partition coefficient (Wildman–Crippen LogP) is 4.23. The molecule has 1 amide bonds. The van der Waals surface area contributed by atoms with Crippen LogP contribution in [-0.4, -0.2) is 46.2 Å². The number of fused-ring (bicyclic) bond motifs is 1. The number of methoxy groups -OCH3 is 1. The fraction of sp³-hybridized carbons (Fsp3) is 0.185. The van der Waals surface area contributed by atoms with Crippen molar-refractivity contribution in [3.63, 3.8) is 0 Å². The van der Waals surface area contributed by atoms with Gasteiger partial charge >= 0.3 is 5.97 Å². The number of hydrogen-bond acceptors (Lipinski definition) is 6. The van der Waals surface area contributed by atoms with Crippen molar-refractivity contribution in [3.05, 3.63) is 99.8 Å². The van der Waals surface area contributed by atoms with Gasteiger partial charge in [0.25, 0.3) is 5.56 Å². The zero-order valence-electron chi connectivity index (χ0n) is 19.7. The molecule has 0 saturated carbocycles. The highest BCUT2D eigenvalue weighted by molar-refractivity contribution is 7.99. The Bertz CT molecular complexity index is 1430. The van der Waals surface area contributed by atoms with Crippen LogP contribution >= 0.6 is 11.8 Å². The molecule has 1 heterocycles. The number of amides is 1. The van der Waals surface area contributed by atoms with E-state index in [9.17, 15) is 14.4 Å². The SMILES string of the molecule is COC(=O)c1ccc2c(=O)n(-c3ccccc3)c(SCC(=O)N(C)Cc3ccc(C)cc3)nc2c1. The molecular formula is C27H25N3O4S. The molecule has 1 aromatic heterocycles. The van der Waals surface area contributed by atoms with Gasteiger partial charge in [-0.25, -0.2) is 9.78 Å². The van der Waals surface area contributed by atoms with Gasteiger partial charge in [0.15, 0.2) is 5.16 Å². The number of benzene rings is 3. The molecule has 3 aromatic carbocycles. The van der Waals surface area contributed by atoms with Crippen LogP contribution in [0.25, 0.3) is 16.6 Å². The third-order valence-corrected chi connectivity index (χ3v) is 6.49. The van der Waals surface area contributed by atoms with E-state index < -0.39 is 5.97 Å². The number of para-hydroxylation sites is 1. The van der Waals surface area contributed by atoms with Crippen molar-refractivity contribution in [2.45, 2.75) is 18.6 Å². The summed E-state index contributed by atoms with van der Waals surface area (Å²) in [6.07, 6.45) is 0. The lowest BCUT2D eigenvalue weighted by Crippen LogP contribution is -2.28. The number of carbonyl (C=O) groups excluding carboxylic acids is 2. The third kappa shape index (κ3) is 5.44. The molecule has 0 radical (unpaired) electrons. The number of aromatic nitrogens is 2. The third-order valence-electron chi connectivity index (χ3n) is 5.56. The van der Waals surface area contributed by atoms with Gasteiger partial charge in [0.2, 0.25) is 5.91 Å². The molecule has 35 heavy (non-hydrogen) atoms. The van der Waals surface area contributed by atoms with E-state index in [0.717, 1.165) is 11.1 Å². The second-order valence-corrected chi connectivity index (χ2v) is 9.06. The second kappa shape index (κ2) is 10.6. The van der Waals surface area contributed by atoms with Gasteiger partial charge in [0.05, 0.1) is 35.0 Å². The molecule has 0 aliphatic heterocycles. The van der Waals surface area contributed by atoms with Crippen molar-refractivity contribution in [1.29, 1.82) is 0 Å². The van der Waals surface area contributed by atoms with Crippen LogP contribution in [0, 0.1) is 6.92 Å². The maximum atomic E-state index is 13.4. The lowest BCUT2D eigenvalue weighted by molar-refractivity contribution is -0.127. The van der Waals surface area contributed by atoms with Crippen molar-refractivity contribution < 1.29 is 14.3 Å². The van der Waals surface area contributed by atoms with Crippen molar-refractivity contribution in [1.82, 2.24) is 14.5 Å². The molecule has 4 aromatic rings. The molecule has 0 N–H and O–H groups in total. The minimum Gasteiger partial charge on any atom is -0.465 e. The second-order valence-electron chi connectivity index (χ2n) is 8.12. The molecule has 0 aliphatic carbocycles. The highest BCUT2D eigenvalue weighted by atomic mass is 32.2. The average molecular weight is 488 g/mol. The fourth-order valence-electron chi connectivity index (χ4n) is 3.60. The molecule has 7 nitrogen and oxygen atoms in total. The summed E-state index contributed by atoms with van der Waals surface area (Å²) in [7, 11) is 3.05. The smallest absolute Gasteiger partial charge is 0.337 e. The number of esters is 1. The number of rotatable bonds is 7. The Morgan fingerprint density at radius 3 is 2.43 bits per heavy atom. The van der Waals surface area contributed by atoms with Crippen molar-refractivity contribution in [2.75, 3.05) is 19.9 Å². The fourth-order valence-corrected chi connectivity index (χ4v) is 4.56. The number of ether oxygens (including phenoxy) is 1. The van der Waals surface area contributed by atoms with Gasteiger partial charge in [-0.1, -0.05) is 59.8 Å². The summed E-state index contributed by atoms with van der Waals surface area (Å²) in [6, 6.07) is 21.9. The first kappa shape index (κ1) is 24.2.